The summed E-state index contributed by atoms with van der Waals surface area (Å²) in [7, 11) is 1.81. The van der Waals surface area contributed by atoms with Gasteiger partial charge in [-0.3, -0.25) is 0 Å². The lowest BCUT2D eigenvalue weighted by molar-refractivity contribution is 0.0127. The molecule has 0 spiro atoms. The molecular weight excluding hydrogens is 252 g/mol. The third-order valence-corrected chi connectivity index (χ3v) is 4.57. The quantitative estimate of drug-likeness (QED) is 0.690. The Morgan fingerprint density at radius 1 is 1.15 bits per heavy atom. The number of ether oxygens (including phenoxy) is 2. The van der Waals surface area contributed by atoms with Crippen LogP contribution in [0.3, 0.4) is 0 Å². The number of nitrogens with zero attached hydrogens (tertiary/aromatic N) is 1. The predicted octanol–water partition coefficient (Wildman–Crippen LogP) is 1.89. The smallest absolute Gasteiger partial charge is 0.0707 e. The predicted molar refractivity (Wildman–Crippen MR) is 82.1 cm³/mol. The van der Waals surface area contributed by atoms with E-state index in [-0.39, 0.29) is 0 Å². The molecule has 0 radical (unpaired) electrons. The molecule has 0 bridgehead atoms. The van der Waals surface area contributed by atoms with E-state index in [2.05, 4.69) is 17.1 Å². The van der Waals surface area contributed by atoms with E-state index in [4.69, 9.17) is 9.47 Å². The van der Waals surface area contributed by atoms with Gasteiger partial charge in [-0.05, 0) is 57.7 Å². The summed E-state index contributed by atoms with van der Waals surface area (Å²) < 4.78 is 11.4. The molecule has 2 rings (SSSR count). The molecule has 2 unspecified atom stereocenters. The molecule has 0 aliphatic carbocycles. The first-order valence-corrected chi connectivity index (χ1v) is 8.39. The maximum Gasteiger partial charge on any atom is 0.0707 e. The van der Waals surface area contributed by atoms with Gasteiger partial charge in [0.05, 0.1) is 12.2 Å². The summed E-state index contributed by atoms with van der Waals surface area (Å²) in [5, 5.41) is 3.47. The second kappa shape index (κ2) is 8.98. The molecule has 0 saturated carbocycles. The Hall–Kier alpha value is -0.160. The van der Waals surface area contributed by atoms with Crippen LogP contribution in [0.4, 0.5) is 0 Å². The van der Waals surface area contributed by atoms with Crippen molar-refractivity contribution < 1.29 is 9.47 Å². The molecular formula is C16H32N2O2. The van der Waals surface area contributed by atoms with Gasteiger partial charge >= 0.3 is 0 Å². The van der Waals surface area contributed by atoms with E-state index in [0.29, 0.717) is 12.2 Å². The third-order valence-electron chi connectivity index (χ3n) is 4.57. The van der Waals surface area contributed by atoms with E-state index in [1.807, 2.05) is 7.11 Å². The molecule has 2 aliphatic heterocycles. The Balaban J connectivity index is 1.58. The molecule has 4 heteroatoms. The average Bonchev–Trinajstić information content (AvgIpc) is 2.89. The minimum Gasteiger partial charge on any atom is -0.384 e. The summed E-state index contributed by atoms with van der Waals surface area (Å²) in [4.78, 5) is 2.58. The van der Waals surface area contributed by atoms with Crippen LogP contribution in [-0.4, -0.2) is 63.5 Å². The van der Waals surface area contributed by atoms with Gasteiger partial charge in [-0.2, -0.15) is 0 Å². The highest BCUT2D eigenvalue weighted by Gasteiger charge is 2.28. The molecule has 4 nitrogen and oxygen atoms in total. The zero-order valence-corrected chi connectivity index (χ0v) is 13.3. The van der Waals surface area contributed by atoms with E-state index < -0.39 is 0 Å². The lowest BCUT2D eigenvalue weighted by Crippen LogP contribution is -2.40. The number of methoxy groups -OCH3 is 1. The number of rotatable bonds is 8. The number of likely N-dealkylation sites (tertiary alicyclic amines) is 1. The highest BCUT2D eigenvalue weighted by atomic mass is 16.5. The van der Waals surface area contributed by atoms with Crippen LogP contribution >= 0.6 is 0 Å². The van der Waals surface area contributed by atoms with Crippen LogP contribution in [0.25, 0.3) is 0 Å². The van der Waals surface area contributed by atoms with E-state index in [1.54, 1.807) is 0 Å². The summed E-state index contributed by atoms with van der Waals surface area (Å²) in [5.74, 6) is 0.770. The molecule has 0 aromatic carbocycles. The second-order valence-corrected chi connectivity index (χ2v) is 6.36. The fourth-order valence-corrected chi connectivity index (χ4v) is 3.36. The van der Waals surface area contributed by atoms with Gasteiger partial charge in [0, 0.05) is 26.8 Å². The lowest BCUT2D eigenvalue weighted by atomic mass is 9.97. The second-order valence-electron chi connectivity index (χ2n) is 6.36. The van der Waals surface area contributed by atoms with Crippen LogP contribution in [0.5, 0.6) is 0 Å². The van der Waals surface area contributed by atoms with Gasteiger partial charge in [-0.1, -0.05) is 6.92 Å². The number of hydrogen-bond acceptors (Lipinski definition) is 4. The Morgan fingerprint density at radius 2 is 1.90 bits per heavy atom. The maximum absolute atomic E-state index is 6.16. The van der Waals surface area contributed by atoms with Crippen molar-refractivity contribution in [3.63, 3.8) is 0 Å². The van der Waals surface area contributed by atoms with E-state index in [9.17, 15) is 0 Å². The Kier molecular flexibility index (Phi) is 7.28. The van der Waals surface area contributed by atoms with Gasteiger partial charge in [-0.15, -0.1) is 0 Å². The fraction of sp³-hybridized carbons (Fsp3) is 1.00. The largest absolute Gasteiger partial charge is 0.384 e. The van der Waals surface area contributed by atoms with Crippen LogP contribution in [0.2, 0.25) is 0 Å². The number of piperidine rings is 1. The number of hydrogen-bond donors (Lipinski definition) is 1. The van der Waals surface area contributed by atoms with E-state index in [0.717, 1.165) is 32.2 Å². The molecule has 2 aliphatic rings. The van der Waals surface area contributed by atoms with Crippen molar-refractivity contribution in [2.75, 3.05) is 46.4 Å². The first kappa shape index (κ1) is 16.2. The summed E-state index contributed by atoms with van der Waals surface area (Å²) in [6.07, 6.45) is 7.12. The van der Waals surface area contributed by atoms with Gasteiger partial charge < -0.3 is 19.7 Å². The van der Waals surface area contributed by atoms with E-state index >= 15 is 0 Å². The fourth-order valence-electron chi connectivity index (χ4n) is 3.36. The minimum atomic E-state index is 0.442. The molecule has 20 heavy (non-hydrogen) atoms. The van der Waals surface area contributed by atoms with Gasteiger partial charge in [0.15, 0.2) is 0 Å². The molecule has 2 heterocycles. The minimum absolute atomic E-state index is 0.442. The average molecular weight is 284 g/mol. The van der Waals surface area contributed by atoms with Crippen LogP contribution in [0.1, 0.15) is 39.0 Å². The van der Waals surface area contributed by atoms with Crippen molar-refractivity contribution in [2.45, 2.75) is 51.2 Å². The van der Waals surface area contributed by atoms with E-state index in [1.165, 1.54) is 45.2 Å². The van der Waals surface area contributed by atoms with Crippen LogP contribution in [0, 0.1) is 5.92 Å². The molecule has 0 aromatic rings. The van der Waals surface area contributed by atoms with Crippen LogP contribution < -0.4 is 5.32 Å². The van der Waals surface area contributed by atoms with Gasteiger partial charge in [0.25, 0.3) is 0 Å². The lowest BCUT2D eigenvalue weighted by Gasteiger charge is -2.33. The van der Waals surface area contributed by atoms with Crippen LogP contribution in [0.15, 0.2) is 0 Å². The molecule has 2 saturated heterocycles. The normalized spacial score (nSPS) is 29.1. The highest BCUT2D eigenvalue weighted by Crippen LogP contribution is 2.23. The van der Waals surface area contributed by atoms with Crippen LogP contribution in [-0.2, 0) is 9.47 Å². The third kappa shape index (κ3) is 5.32. The number of nitrogens with one attached hydrogen (secondary N) is 1. The topological polar surface area (TPSA) is 33.7 Å². The molecule has 0 aromatic heterocycles. The SMILES string of the molecule is CCCNCC1CCC(CN2CCC(COC)CC2)O1. The van der Waals surface area contributed by atoms with Crippen molar-refractivity contribution in [3.8, 4) is 0 Å². The zero-order valence-electron chi connectivity index (χ0n) is 13.3. The summed E-state index contributed by atoms with van der Waals surface area (Å²) >= 11 is 0. The maximum atomic E-state index is 6.16. The molecule has 1 N–H and O–H groups in total. The van der Waals surface area contributed by atoms with Crippen molar-refractivity contribution in [1.82, 2.24) is 10.2 Å². The Labute approximate surface area is 124 Å². The van der Waals surface area contributed by atoms with Gasteiger partial charge in [-0.25, -0.2) is 0 Å². The Morgan fingerprint density at radius 3 is 2.60 bits per heavy atom. The Bertz CT molecular complexity index is 255. The molecule has 0 amide bonds. The first-order valence-electron chi connectivity index (χ1n) is 8.39. The van der Waals surface area contributed by atoms with Crippen molar-refractivity contribution in [1.29, 1.82) is 0 Å². The van der Waals surface area contributed by atoms with Crippen molar-refractivity contribution >= 4 is 0 Å². The van der Waals surface area contributed by atoms with Gasteiger partial charge in [0.2, 0.25) is 0 Å². The summed E-state index contributed by atoms with van der Waals surface area (Å²) in [6, 6.07) is 0. The zero-order chi connectivity index (χ0) is 14.2. The van der Waals surface area contributed by atoms with Gasteiger partial charge in [0.1, 0.15) is 0 Å². The standard InChI is InChI=1S/C16H32N2O2/c1-3-8-17-11-15-4-5-16(20-15)12-18-9-6-14(7-10-18)13-19-2/h14-17H,3-13H2,1-2H3. The van der Waals surface area contributed by atoms with Crippen molar-refractivity contribution in [3.05, 3.63) is 0 Å². The molecule has 2 fully saturated rings. The summed E-state index contributed by atoms with van der Waals surface area (Å²) in [5.41, 5.74) is 0. The highest BCUT2D eigenvalue weighted by molar-refractivity contribution is 4.80. The molecule has 118 valence electrons. The first-order chi connectivity index (χ1) is 9.81. The monoisotopic (exact) mass is 284 g/mol. The van der Waals surface area contributed by atoms with Crippen molar-refractivity contribution in [2.24, 2.45) is 5.92 Å². The summed E-state index contributed by atoms with van der Waals surface area (Å²) in [6.45, 7) is 8.83. The molecule has 2 atom stereocenters.